The van der Waals surface area contributed by atoms with E-state index in [9.17, 15) is 0 Å². The largest absolute Gasteiger partial charge is 0.152 e. The molecule has 0 N–H and O–H groups in total. The van der Waals surface area contributed by atoms with Crippen molar-refractivity contribution in [3.8, 4) is 0 Å². The molecular weight excluding hydrogens is 380 g/mol. The molecule has 0 unspecified atom stereocenters. The smallest absolute Gasteiger partial charge is 0.0190 e. The number of benzene rings is 2. The lowest BCUT2D eigenvalue weighted by Crippen LogP contribution is -2.14. The van der Waals surface area contributed by atoms with Crippen LogP contribution in [0.25, 0.3) is 0 Å². The number of hydrogen-bond acceptors (Lipinski definition) is 1. The first-order valence-electron chi connectivity index (χ1n) is 11.8. The standard InChI is InChI=1S/C29H42S/c1-20-22-12-10-9-11-13-23-15-27(29(6,7)8)17-25(21(23)2)19-30-18-24(20)16-26(14-22)28(3,4)5/h14-17H,9-13,18-19H2,1-8H3. The molecule has 2 aromatic rings. The van der Waals surface area contributed by atoms with Crippen LogP contribution in [0.4, 0.5) is 0 Å². The third-order valence-corrected chi connectivity index (χ3v) is 7.92. The highest BCUT2D eigenvalue weighted by atomic mass is 32.2. The molecule has 0 amide bonds. The fraction of sp³-hybridized carbons (Fsp3) is 0.586. The predicted molar refractivity (Wildman–Crippen MR) is 136 cm³/mol. The van der Waals surface area contributed by atoms with Crippen molar-refractivity contribution in [1.29, 1.82) is 0 Å². The molecule has 1 aliphatic heterocycles. The van der Waals surface area contributed by atoms with E-state index in [0.717, 1.165) is 11.5 Å². The molecule has 0 aromatic heterocycles. The first-order chi connectivity index (χ1) is 14.0. The van der Waals surface area contributed by atoms with Crippen LogP contribution in [0.3, 0.4) is 0 Å². The third-order valence-electron chi connectivity index (χ3n) is 6.89. The van der Waals surface area contributed by atoms with Crippen molar-refractivity contribution >= 4 is 11.8 Å². The van der Waals surface area contributed by atoms with Gasteiger partial charge in [0, 0.05) is 11.5 Å². The minimum Gasteiger partial charge on any atom is -0.152 e. The highest BCUT2D eigenvalue weighted by molar-refractivity contribution is 7.97. The first-order valence-corrected chi connectivity index (χ1v) is 13.0. The van der Waals surface area contributed by atoms with Crippen LogP contribution in [0.15, 0.2) is 24.3 Å². The number of fused-ring (bicyclic) bond motifs is 4. The topological polar surface area (TPSA) is 0 Å². The molecule has 0 saturated carbocycles. The van der Waals surface area contributed by atoms with Crippen molar-refractivity contribution in [2.45, 2.75) is 110 Å². The predicted octanol–water partition coefficient (Wildman–Crippen LogP) is 8.60. The van der Waals surface area contributed by atoms with Gasteiger partial charge < -0.3 is 0 Å². The Hall–Kier alpha value is -1.21. The van der Waals surface area contributed by atoms with Crippen LogP contribution < -0.4 is 0 Å². The number of thioether (sulfide) groups is 1. The van der Waals surface area contributed by atoms with E-state index in [1.165, 1.54) is 54.4 Å². The molecule has 164 valence electrons. The van der Waals surface area contributed by atoms with E-state index >= 15 is 0 Å². The van der Waals surface area contributed by atoms with Crippen LogP contribution in [0.5, 0.6) is 0 Å². The van der Waals surface area contributed by atoms with Gasteiger partial charge in [0.25, 0.3) is 0 Å². The van der Waals surface area contributed by atoms with Crippen molar-refractivity contribution < 1.29 is 0 Å². The van der Waals surface area contributed by atoms with Gasteiger partial charge >= 0.3 is 0 Å². The quantitative estimate of drug-likeness (QED) is 0.409. The summed E-state index contributed by atoms with van der Waals surface area (Å²) in [6.45, 7) is 18.8. The lowest BCUT2D eigenvalue weighted by Gasteiger charge is -2.25. The van der Waals surface area contributed by atoms with Gasteiger partial charge in [-0.3, -0.25) is 0 Å². The Morgan fingerprint density at radius 2 is 0.933 bits per heavy atom. The Morgan fingerprint density at radius 1 is 0.567 bits per heavy atom. The van der Waals surface area contributed by atoms with Gasteiger partial charge in [0.2, 0.25) is 0 Å². The average molecular weight is 423 g/mol. The summed E-state index contributed by atoms with van der Waals surface area (Å²) in [5.74, 6) is 2.22. The molecule has 0 fully saturated rings. The molecule has 3 rings (SSSR count). The minimum absolute atomic E-state index is 0.208. The van der Waals surface area contributed by atoms with Crippen molar-refractivity contribution in [1.82, 2.24) is 0 Å². The Bertz CT molecular complexity index is 817. The highest BCUT2D eigenvalue weighted by Crippen LogP contribution is 2.33. The summed E-state index contributed by atoms with van der Waals surface area (Å²) in [5, 5.41) is 0. The van der Waals surface area contributed by atoms with Crippen LogP contribution in [0.2, 0.25) is 0 Å². The molecule has 4 bridgehead atoms. The molecule has 0 aliphatic carbocycles. The van der Waals surface area contributed by atoms with E-state index < -0.39 is 0 Å². The van der Waals surface area contributed by atoms with Gasteiger partial charge in [0.1, 0.15) is 0 Å². The van der Waals surface area contributed by atoms with Gasteiger partial charge in [-0.2, -0.15) is 11.8 Å². The molecule has 1 heteroatoms. The minimum atomic E-state index is 0.208. The van der Waals surface area contributed by atoms with Crippen LogP contribution in [-0.4, -0.2) is 0 Å². The summed E-state index contributed by atoms with van der Waals surface area (Å²) in [5.41, 5.74) is 12.7. The second kappa shape index (κ2) is 9.11. The van der Waals surface area contributed by atoms with Gasteiger partial charge in [-0.25, -0.2) is 0 Å². The van der Waals surface area contributed by atoms with Crippen molar-refractivity contribution in [3.63, 3.8) is 0 Å². The fourth-order valence-corrected chi connectivity index (χ4v) is 5.59. The maximum absolute atomic E-state index is 2.50. The Balaban J connectivity index is 1.98. The SMILES string of the molecule is Cc1c2cc(C(C)(C)C)cc1CSCc1cc(C(C)(C)C)cc(c1C)CCCCC2. The van der Waals surface area contributed by atoms with Crippen LogP contribution in [0, 0.1) is 13.8 Å². The molecule has 0 atom stereocenters. The Kier molecular flexibility index (Phi) is 7.12. The maximum Gasteiger partial charge on any atom is 0.0190 e. The van der Waals surface area contributed by atoms with Gasteiger partial charge in [-0.1, -0.05) is 72.2 Å². The number of hydrogen-bond donors (Lipinski definition) is 0. The summed E-state index contributed by atoms with van der Waals surface area (Å²) in [7, 11) is 0. The van der Waals surface area contributed by atoms with E-state index in [1.54, 1.807) is 22.3 Å². The van der Waals surface area contributed by atoms with E-state index in [2.05, 4.69) is 91.4 Å². The zero-order chi connectivity index (χ0) is 22.1. The van der Waals surface area contributed by atoms with E-state index in [-0.39, 0.29) is 10.8 Å². The number of aryl methyl sites for hydroxylation is 2. The zero-order valence-electron chi connectivity index (χ0n) is 20.7. The molecule has 0 spiro atoms. The number of rotatable bonds is 0. The summed E-state index contributed by atoms with van der Waals surface area (Å²) >= 11 is 2.09. The fourth-order valence-electron chi connectivity index (χ4n) is 4.44. The summed E-state index contributed by atoms with van der Waals surface area (Å²) in [6, 6.07) is 9.97. The average Bonchev–Trinajstić information content (AvgIpc) is 2.63. The van der Waals surface area contributed by atoms with Crippen LogP contribution >= 0.6 is 11.8 Å². The lowest BCUT2D eigenvalue weighted by molar-refractivity contribution is 0.586. The van der Waals surface area contributed by atoms with Gasteiger partial charge in [0.05, 0.1) is 0 Å². The second-order valence-corrected chi connectivity index (χ2v) is 12.4. The molecule has 0 nitrogen and oxygen atoms in total. The van der Waals surface area contributed by atoms with Crippen molar-refractivity contribution in [3.05, 3.63) is 68.8 Å². The summed E-state index contributed by atoms with van der Waals surface area (Å²) < 4.78 is 0. The van der Waals surface area contributed by atoms with E-state index in [0.29, 0.717) is 0 Å². The summed E-state index contributed by atoms with van der Waals surface area (Å²) in [4.78, 5) is 0. The van der Waals surface area contributed by atoms with Crippen LogP contribution in [-0.2, 0) is 35.2 Å². The molecule has 0 saturated heterocycles. The Labute approximate surface area is 190 Å². The Morgan fingerprint density at radius 3 is 1.30 bits per heavy atom. The molecule has 0 radical (unpaired) electrons. The van der Waals surface area contributed by atoms with Crippen molar-refractivity contribution in [2.75, 3.05) is 0 Å². The lowest BCUT2D eigenvalue weighted by atomic mass is 9.82. The molecule has 30 heavy (non-hydrogen) atoms. The zero-order valence-corrected chi connectivity index (χ0v) is 21.5. The second-order valence-electron chi connectivity index (χ2n) is 11.4. The molecular formula is C29H42S. The van der Waals surface area contributed by atoms with Crippen LogP contribution in [0.1, 0.15) is 105 Å². The van der Waals surface area contributed by atoms with Gasteiger partial charge in [-0.05, 0) is 94.9 Å². The molecule has 1 aliphatic rings. The van der Waals surface area contributed by atoms with E-state index in [1.807, 2.05) is 0 Å². The normalized spacial score (nSPS) is 16.3. The highest BCUT2D eigenvalue weighted by Gasteiger charge is 2.20. The van der Waals surface area contributed by atoms with Gasteiger partial charge in [0.15, 0.2) is 0 Å². The molecule has 1 heterocycles. The maximum atomic E-state index is 2.50. The summed E-state index contributed by atoms with van der Waals surface area (Å²) in [6.07, 6.45) is 6.36. The van der Waals surface area contributed by atoms with E-state index in [4.69, 9.17) is 0 Å². The third kappa shape index (κ3) is 5.52. The first kappa shape index (κ1) is 23.5. The van der Waals surface area contributed by atoms with Crippen molar-refractivity contribution in [2.24, 2.45) is 0 Å². The molecule has 2 aromatic carbocycles. The monoisotopic (exact) mass is 422 g/mol. The van der Waals surface area contributed by atoms with Gasteiger partial charge in [-0.15, -0.1) is 0 Å².